The second-order valence-corrected chi connectivity index (χ2v) is 6.88. The number of rotatable bonds is 6. The Morgan fingerprint density at radius 3 is 3.12 bits per heavy atom. The molecule has 0 radical (unpaired) electrons. The van der Waals surface area contributed by atoms with Crippen molar-refractivity contribution in [2.45, 2.75) is 31.8 Å². The molecule has 2 aliphatic rings. The summed E-state index contributed by atoms with van der Waals surface area (Å²) in [7, 11) is 3.79. The molecule has 7 nitrogen and oxygen atoms in total. The van der Waals surface area contributed by atoms with Gasteiger partial charge >= 0.3 is 0 Å². The first-order valence-corrected chi connectivity index (χ1v) is 8.98. The predicted molar refractivity (Wildman–Crippen MR) is 93.8 cm³/mol. The van der Waals surface area contributed by atoms with Gasteiger partial charge in [-0.15, -0.1) is 0 Å². The third-order valence-corrected chi connectivity index (χ3v) is 5.29. The van der Waals surface area contributed by atoms with Gasteiger partial charge in [-0.1, -0.05) is 0 Å². The van der Waals surface area contributed by atoms with Gasteiger partial charge in [0.25, 0.3) is 0 Å². The summed E-state index contributed by atoms with van der Waals surface area (Å²) in [4.78, 5) is 14.0. The Morgan fingerprint density at radius 2 is 2.35 bits per heavy atom. The number of likely N-dealkylation sites (N-methyl/N-ethyl adjacent to an activating group) is 1. The number of methoxy groups -OCH3 is 1. The number of nitrogens with one attached hydrogen (secondary N) is 1. The van der Waals surface area contributed by atoms with Gasteiger partial charge in [0.15, 0.2) is 11.5 Å². The van der Waals surface area contributed by atoms with Crippen LogP contribution in [0.5, 0.6) is 17.2 Å². The number of carbonyl (C=O) groups excluding carboxylic acids is 1. The Labute approximate surface area is 152 Å². The molecule has 2 aliphatic heterocycles. The van der Waals surface area contributed by atoms with Gasteiger partial charge in [0, 0.05) is 31.8 Å². The Hall–Kier alpha value is -2.54. The molecule has 2 atom stereocenters. The summed E-state index contributed by atoms with van der Waals surface area (Å²) in [5.74, 6) is 2.36. The Morgan fingerprint density at radius 1 is 1.46 bits per heavy atom. The molecule has 138 valence electrons. The molecular weight excluding hydrogens is 334 g/mol. The number of benzene rings is 1. The summed E-state index contributed by atoms with van der Waals surface area (Å²) in [6.07, 6.45) is 5.51. The third kappa shape index (κ3) is 3.03. The Bertz CT molecular complexity index is 804. The number of Topliss-reactive ketones (excluding diaryl/α,β-unsaturated/α-hetero) is 1. The van der Waals surface area contributed by atoms with E-state index in [1.54, 1.807) is 18.0 Å². The van der Waals surface area contributed by atoms with Crippen molar-refractivity contribution in [3.63, 3.8) is 0 Å². The van der Waals surface area contributed by atoms with Crippen molar-refractivity contribution >= 4 is 5.78 Å². The lowest BCUT2D eigenvalue weighted by Crippen LogP contribution is -3.10. The van der Waals surface area contributed by atoms with E-state index >= 15 is 0 Å². The molecule has 0 bridgehead atoms. The van der Waals surface area contributed by atoms with Crippen LogP contribution in [0.3, 0.4) is 0 Å². The first-order valence-electron chi connectivity index (χ1n) is 8.98. The topological polar surface area (TPSA) is 67.0 Å². The van der Waals surface area contributed by atoms with Crippen molar-refractivity contribution in [1.29, 1.82) is 0 Å². The van der Waals surface area contributed by atoms with Gasteiger partial charge in [0.05, 0.1) is 32.7 Å². The van der Waals surface area contributed by atoms with E-state index in [0.29, 0.717) is 25.1 Å². The van der Waals surface area contributed by atoms with Crippen molar-refractivity contribution in [2.75, 3.05) is 27.5 Å². The molecule has 1 aromatic carbocycles. The number of quaternary nitrogens is 1. The zero-order valence-electron chi connectivity index (χ0n) is 15.2. The maximum absolute atomic E-state index is 12.6. The number of carbonyl (C=O) groups is 1. The largest absolute Gasteiger partial charge is 0.492 e. The highest BCUT2D eigenvalue weighted by molar-refractivity contribution is 5.79. The molecular formula is C19H24N3O4+. The normalized spacial score (nSPS) is 20.7. The molecule has 0 aliphatic carbocycles. The number of nitrogens with zero attached hydrogens (tertiary/aromatic N) is 2. The van der Waals surface area contributed by atoms with Gasteiger partial charge in [0.1, 0.15) is 11.8 Å². The van der Waals surface area contributed by atoms with Gasteiger partial charge in [-0.2, -0.15) is 5.10 Å². The van der Waals surface area contributed by atoms with Crippen LogP contribution < -0.4 is 19.1 Å². The summed E-state index contributed by atoms with van der Waals surface area (Å²) < 4.78 is 18.6. The second-order valence-electron chi connectivity index (χ2n) is 6.88. The van der Waals surface area contributed by atoms with Crippen LogP contribution in [0.4, 0.5) is 0 Å². The van der Waals surface area contributed by atoms with Crippen LogP contribution in [-0.4, -0.2) is 43.1 Å². The van der Waals surface area contributed by atoms with E-state index in [0.717, 1.165) is 30.0 Å². The zero-order chi connectivity index (χ0) is 18.1. The van der Waals surface area contributed by atoms with Crippen molar-refractivity contribution < 1.29 is 23.9 Å². The van der Waals surface area contributed by atoms with E-state index < -0.39 is 0 Å². The molecule has 1 unspecified atom stereocenters. The molecule has 0 amide bonds. The first-order chi connectivity index (χ1) is 12.7. The van der Waals surface area contributed by atoms with Gasteiger partial charge in [-0.25, -0.2) is 0 Å². The molecule has 0 saturated heterocycles. The lowest BCUT2D eigenvalue weighted by molar-refractivity contribution is -0.914. The third-order valence-electron chi connectivity index (χ3n) is 5.29. The van der Waals surface area contributed by atoms with Crippen LogP contribution in [0.2, 0.25) is 0 Å². The molecule has 7 heteroatoms. The van der Waals surface area contributed by atoms with E-state index in [1.807, 2.05) is 18.3 Å². The molecule has 3 heterocycles. The molecule has 2 aromatic rings. The standard InChI is InChI=1S/C19H23N3O4/c1-21-8-4-13-10-16-18(26-12-25-16)19(24-2)17(13)15(21)11-14(23)5-9-22-7-3-6-20-22/h3,6-7,10,15H,4-5,8-9,11-12H2,1-2H3/p+1/t15-/m1/s1. The summed E-state index contributed by atoms with van der Waals surface area (Å²) in [5, 5.41) is 4.16. The fraction of sp³-hybridized carbons (Fsp3) is 0.474. The SMILES string of the molecule is COc1c2c(cc3c1[C@@H](CC(=O)CCn1cccn1)[NH+](C)CC3)OCO2. The van der Waals surface area contributed by atoms with Crippen molar-refractivity contribution in [1.82, 2.24) is 9.78 Å². The smallest absolute Gasteiger partial charge is 0.231 e. The minimum atomic E-state index is 0.0633. The Balaban J connectivity index is 1.58. The predicted octanol–water partition coefficient (Wildman–Crippen LogP) is 0.782. The van der Waals surface area contributed by atoms with E-state index in [2.05, 4.69) is 12.1 Å². The maximum atomic E-state index is 12.6. The summed E-state index contributed by atoms with van der Waals surface area (Å²) in [6, 6.07) is 3.98. The van der Waals surface area contributed by atoms with E-state index in [9.17, 15) is 4.79 Å². The lowest BCUT2D eigenvalue weighted by Gasteiger charge is -2.32. The van der Waals surface area contributed by atoms with Crippen molar-refractivity contribution in [3.8, 4) is 17.2 Å². The van der Waals surface area contributed by atoms with E-state index in [-0.39, 0.29) is 18.6 Å². The molecule has 1 aromatic heterocycles. The van der Waals surface area contributed by atoms with Crippen molar-refractivity contribution in [3.05, 3.63) is 35.7 Å². The number of hydrogen-bond donors (Lipinski definition) is 1. The molecule has 1 N–H and O–H groups in total. The van der Waals surface area contributed by atoms with Gasteiger partial charge in [-0.05, 0) is 17.7 Å². The monoisotopic (exact) mass is 358 g/mol. The number of aryl methyl sites for hydroxylation is 1. The highest BCUT2D eigenvalue weighted by Gasteiger charge is 2.37. The highest BCUT2D eigenvalue weighted by Crippen LogP contribution is 2.47. The summed E-state index contributed by atoms with van der Waals surface area (Å²) in [5.41, 5.74) is 2.29. The van der Waals surface area contributed by atoms with Gasteiger partial charge in [-0.3, -0.25) is 9.48 Å². The number of aromatic nitrogens is 2. The number of hydrogen-bond acceptors (Lipinski definition) is 5. The number of fused-ring (bicyclic) bond motifs is 2. The van der Waals surface area contributed by atoms with Crippen LogP contribution >= 0.6 is 0 Å². The van der Waals surface area contributed by atoms with Crippen LogP contribution in [0.15, 0.2) is 24.5 Å². The minimum absolute atomic E-state index is 0.0633. The van der Waals surface area contributed by atoms with E-state index in [1.165, 1.54) is 10.5 Å². The fourth-order valence-corrected chi connectivity index (χ4v) is 3.90. The fourth-order valence-electron chi connectivity index (χ4n) is 3.90. The zero-order valence-corrected chi connectivity index (χ0v) is 15.2. The second kappa shape index (κ2) is 6.99. The minimum Gasteiger partial charge on any atom is -0.492 e. The highest BCUT2D eigenvalue weighted by atomic mass is 16.7. The van der Waals surface area contributed by atoms with Crippen LogP contribution in [0.1, 0.15) is 30.0 Å². The van der Waals surface area contributed by atoms with Crippen LogP contribution in [0, 0.1) is 0 Å². The average molecular weight is 358 g/mol. The number of ether oxygens (including phenoxy) is 3. The average Bonchev–Trinajstić information content (AvgIpc) is 3.32. The molecule has 0 spiro atoms. The van der Waals surface area contributed by atoms with Crippen LogP contribution in [-0.2, 0) is 17.8 Å². The molecule has 0 fully saturated rings. The molecule has 4 rings (SSSR count). The summed E-state index contributed by atoms with van der Waals surface area (Å²) in [6.45, 7) is 1.81. The van der Waals surface area contributed by atoms with Crippen molar-refractivity contribution in [2.24, 2.45) is 0 Å². The van der Waals surface area contributed by atoms with Gasteiger partial charge < -0.3 is 19.1 Å². The van der Waals surface area contributed by atoms with Crippen LogP contribution in [0.25, 0.3) is 0 Å². The summed E-state index contributed by atoms with van der Waals surface area (Å²) >= 11 is 0. The van der Waals surface area contributed by atoms with Gasteiger partial charge in [0.2, 0.25) is 12.5 Å². The molecule has 26 heavy (non-hydrogen) atoms. The maximum Gasteiger partial charge on any atom is 0.231 e. The van der Waals surface area contributed by atoms with E-state index in [4.69, 9.17) is 14.2 Å². The number of ketones is 1. The quantitative estimate of drug-likeness (QED) is 0.827. The Kier molecular flexibility index (Phi) is 4.55. The first kappa shape index (κ1) is 16.9. The lowest BCUT2D eigenvalue weighted by atomic mass is 9.88. The molecule has 0 saturated carbocycles.